The van der Waals surface area contributed by atoms with Gasteiger partial charge in [-0.3, -0.25) is 0 Å². The molecule has 0 saturated heterocycles. The molecule has 1 aromatic heterocycles. The number of anilines is 1. The minimum Gasteiger partial charge on any atom is -0.395 e. The Bertz CT molecular complexity index is 412. The molecule has 78 valence electrons. The van der Waals surface area contributed by atoms with Gasteiger partial charge >= 0.3 is 0 Å². The number of aliphatic hydroxyl groups is 1. The maximum Gasteiger partial charge on any atom is 0.137 e. The molecular formula is C11H13N3O. The van der Waals surface area contributed by atoms with Crippen molar-refractivity contribution >= 4 is 5.69 Å². The van der Waals surface area contributed by atoms with Crippen LogP contribution in [0.15, 0.2) is 36.7 Å². The summed E-state index contributed by atoms with van der Waals surface area (Å²) in [5, 5.41) is 11.8. The summed E-state index contributed by atoms with van der Waals surface area (Å²) < 4.78 is 0. The van der Waals surface area contributed by atoms with Crippen LogP contribution < -0.4 is 5.32 Å². The summed E-state index contributed by atoms with van der Waals surface area (Å²) in [5.41, 5.74) is 2.01. The summed E-state index contributed by atoms with van der Waals surface area (Å²) in [4.78, 5) is 7.22. The van der Waals surface area contributed by atoms with Crippen LogP contribution in [0.25, 0.3) is 11.4 Å². The molecule has 0 aliphatic carbocycles. The molecular weight excluding hydrogens is 190 g/mol. The molecule has 1 aromatic carbocycles. The van der Waals surface area contributed by atoms with E-state index in [2.05, 4.69) is 15.3 Å². The molecule has 4 heteroatoms. The molecule has 0 aliphatic rings. The van der Waals surface area contributed by atoms with Crippen molar-refractivity contribution in [3.05, 3.63) is 36.7 Å². The van der Waals surface area contributed by atoms with Gasteiger partial charge in [0.2, 0.25) is 0 Å². The van der Waals surface area contributed by atoms with E-state index in [-0.39, 0.29) is 6.61 Å². The number of aliphatic hydroxyl groups excluding tert-OH is 1. The van der Waals surface area contributed by atoms with Gasteiger partial charge in [0.25, 0.3) is 0 Å². The number of nitrogens with zero attached hydrogens (tertiary/aromatic N) is 1. The van der Waals surface area contributed by atoms with Crippen molar-refractivity contribution in [2.75, 3.05) is 18.5 Å². The maximum atomic E-state index is 8.70. The zero-order chi connectivity index (χ0) is 10.5. The third-order valence-electron chi connectivity index (χ3n) is 2.08. The van der Waals surface area contributed by atoms with Crippen molar-refractivity contribution in [3.63, 3.8) is 0 Å². The SMILES string of the molecule is OCCNc1cccc(-c2ncc[nH]2)c1. The highest BCUT2D eigenvalue weighted by atomic mass is 16.3. The van der Waals surface area contributed by atoms with E-state index in [1.54, 1.807) is 12.4 Å². The normalized spacial score (nSPS) is 10.2. The number of aromatic amines is 1. The first-order valence-corrected chi connectivity index (χ1v) is 4.84. The van der Waals surface area contributed by atoms with E-state index in [1.165, 1.54) is 0 Å². The van der Waals surface area contributed by atoms with Crippen LogP contribution in [-0.4, -0.2) is 28.2 Å². The number of imidazole rings is 1. The summed E-state index contributed by atoms with van der Waals surface area (Å²) in [6, 6.07) is 7.90. The van der Waals surface area contributed by atoms with Gasteiger partial charge in [-0.15, -0.1) is 0 Å². The van der Waals surface area contributed by atoms with E-state index >= 15 is 0 Å². The number of rotatable bonds is 4. The minimum atomic E-state index is 0.130. The van der Waals surface area contributed by atoms with Gasteiger partial charge in [0, 0.05) is 30.2 Å². The Morgan fingerprint density at radius 1 is 1.40 bits per heavy atom. The lowest BCUT2D eigenvalue weighted by Gasteiger charge is -2.05. The van der Waals surface area contributed by atoms with Crippen LogP contribution in [0.2, 0.25) is 0 Å². The average Bonchev–Trinajstić information content (AvgIpc) is 2.80. The molecule has 0 fully saturated rings. The van der Waals surface area contributed by atoms with E-state index < -0.39 is 0 Å². The number of hydrogen-bond acceptors (Lipinski definition) is 3. The average molecular weight is 203 g/mol. The zero-order valence-electron chi connectivity index (χ0n) is 8.27. The molecule has 0 radical (unpaired) electrons. The Kier molecular flexibility index (Phi) is 2.99. The molecule has 0 amide bonds. The lowest BCUT2D eigenvalue weighted by molar-refractivity contribution is 0.311. The van der Waals surface area contributed by atoms with E-state index in [0.717, 1.165) is 17.1 Å². The van der Waals surface area contributed by atoms with Crippen molar-refractivity contribution in [2.45, 2.75) is 0 Å². The van der Waals surface area contributed by atoms with Crippen LogP contribution in [-0.2, 0) is 0 Å². The third kappa shape index (κ3) is 2.35. The molecule has 1 heterocycles. The quantitative estimate of drug-likeness (QED) is 0.705. The molecule has 15 heavy (non-hydrogen) atoms. The van der Waals surface area contributed by atoms with Crippen LogP contribution >= 0.6 is 0 Å². The lowest BCUT2D eigenvalue weighted by atomic mass is 10.2. The fourth-order valence-corrected chi connectivity index (χ4v) is 1.40. The standard InChI is InChI=1S/C11H13N3O/c15-7-6-12-10-3-1-2-9(8-10)11-13-4-5-14-11/h1-5,8,12,15H,6-7H2,(H,13,14). The van der Waals surface area contributed by atoms with Gasteiger partial charge in [-0.25, -0.2) is 4.98 Å². The fourth-order valence-electron chi connectivity index (χ4n) is 1.40. The summed E-state index contributed by atoms with van der Waals surface area (Å²) >= 11 is 0. The Hall–Kier alpha value is -1.81. The third-order valence-corrected chi connectivity index (χ3v) is 2.08. The minimum absolute atomic E-state index is 0.130. The van der Waals surface area contributed by atoms with Gasteiger partial charge in [0.1, 0.15) is 5.82 Å². The highest BCUT2D eigenvalue weighted by Gasteiger charge is 1.99. The van der Waals surface area contributed by atoms with Crippen molar-refractivity contribution in [2.24, 2.45) is 0 Å². The number of aromatic nitrogens is 2. The molecule has 0 unspecified atom stereocenters. The summed E-state index contributed by atoms with van der Waals surface area (Å²) in [5.74, 6) is 0.850. The monoisotopic (exact) mass is 203 g/mol. The fraction of sp³-hybridized carbons (Fsp3) is 0.182. The molecule has 0 saturated carbocycles. The van der Waals surface area contributed by atoms with Crippen LogP contribution in [0, 0.1) is 0 Å². The zero-order valence-corrected chi connectivity index (χ0v) is 8.27. The molecule has 0 spiro atoms. The molecule has 2 aromatic rings. The highest BCUT2D eigenvalue weighted by Crippen LogP contribution is 2.18. The number of benzene rings is 1. The van der Waals surface area contributed by atoms with Crippen molar-refractivity contribution in [3.8, 4) is 11.4 Å². The van der Waals surface area contributed by atoms with Gasteiger partial charge < -0.3 is 15.4 Å². The van der Waals surface area contributed by atoms with Crippen LogP contribution in [0.5, 0.6) is 0 Å². The number of nitrogens with one attached hydrogen (secondary N) is 2. The molecule has 0 atom stereocenters. The lowest BCUT2D eigenvalue weighted by Crippen LogP contribution is -2.05. The van der Waals surface area contributed by atoms with E-state index in [1.807, 2.05) is 24.3 Å². The van der Waals surface area contributed by atoms with Gasteiger partial charge in [-0.2, -0.15) is 0 Å². The van der Waals surface area contributed by atoms with Gasteiger partial charge in [-0.05, 0) is 12.1 Å². The van der Waals surface area contributed by atoms with E-state index in [4.69, 9.17) is 5.11 Å². The first-order chi connectivity index (χ1) is 7.40. The van der Waals surface area contributed by atoms with Crippen LogP contribution in [0.4, 0.5) is 5.69 Å². The smallest absolute Gasteiger partial charge is 0.137 e. The summed E-state index contributed by atoms with van der Waals surface area (Å²) in [6.07, 6.45) is 3.52. The predicted octanol–water partition coefficient (Wildman–Crippen LogP) is 1.48. The van der Waals surface area contributed by atoms with Crippen molar-refractivity contribution < 1.29 is 5.11 Å². The summed E-state index contributed by atoms with van der Waals surface area (Å²) in [6.45, 7) is 0.687. The Morgan fingerprint density at radius 3 is 3.07 bits per heavy atom. The summed E-state index contributed by atoms with van der Waals surface area (Å²) in [7, 11) is 0. The van der Waals surface area contributed by atoms with Gasteiger partial charge in [0.05, 0.1) is 6.61 Å². The molecule has 4 nitrogen and oxygen atoms in total. The van der Waals surface area contributed by atoms with Gasteiger partial charge in [-0.1, -0.05) is 12.1 Å². The first kappa shape index (κ1) is 9.73. The Balaban J connectivity index is 2.19. The number of hydrogen-bond donors (Lipinski definition) is 3. The van der Waals surface area contributed by atoms with Crippen LogP contribution in [0.1, 0.15) is 0 Å². The topological polar surface area (TPSA) is 60.9 Å². The molecule has 3 N–H and O–H groups in total. The Morgan fingerprint density at radius 2 is 2.33 bits per heavy atom. The molecule has 2 rings (SSSR count). The van der Waals surface area contributed by atoms with Crippen molar-refractivity contribution in [1.29, 1.82) is 0 Å². The number of H-pyrrole nitrogens is 1. The van der Waals surface area contributed by atoms with Crippen molar-refractivity contribution in [1.82, 2.24) is 9.97 Å². The first-order valence-electron chi connectivity index (χ1n) is 4.84. The van der Waals surface area contributed by atoms with Gasteiger partial charge in [0.15, 0.2) is 0 Å². The Labute approximate surface area is 88.0 Å². The van der Waals surface area contributed by atoms with E-state index in [0.29, 0.717) is 6.54 Å². The maximum absolute atomic E-state index is 8.70. The largest absolute Gasteiger partial charge is 0.395 e. The van der Waals surface area contributed by atoms with Crippen LogP contribution in [0.3, 0.4) is 0 Å². The highest BCUT2D eigenvalue weighted by molar-refractivity contribution is 5.62. The second-order valence-corrected chi connectivity index (χ2v) is 3.17. The predicted molar refractivity (Wildman–Crippen MR) is 59.6 cm³/mol. The second kappa shape index (κ2) is 4.61. The molecule has 0 bridgehead atoms. The molecule has 0 aliphatic heterocycles. The van der Waals surface area contributed by atoms with E-state index in [9.17, 15) is 0 Å². The second-order valence-electron chi connectivity index (χ2n) is 3.17.